The van der Waals surface area contributed by atoms with Gasteiger partial charge in [-0.2, -0.15) is 4.98 Å². The highest BCUT2D eigenvalue weighted by molar-refractivity contribution is 9.10. The van der Waals surface area contributed by atoms with Crippen molar-refractivity contribution in [2.24, 2.45) is 0 Å². The Balaban J connectivity index is 1.92. The van der Waals surface area contributed by atoms with Gasteiger partial charge in [-0.05, 0) is 48.0 Å². The number of nitrogens with zero attached hydrogens (tertiary/aromatic N) is 3. The summed E-state index contributed by atoms with van der Waals surface area (Å²) in [6.07, 6.45) is 0. The third-order valence-corrected chi connectivity index (χ3v) is 5.17. The van der Waals surface area contributed by atoms with E-state index in [0.717, 1.165) is 27.7 Å². The molecule has 4 N–H and O–H groups in total. The molecule has 0 radical (unpaired) electrons. The smallest absolute Gasteiger partial charge is 0.222 e. The first kappa shape index (κ1) is 17.6. The first-order valence-electron chi connectivity index (χ1n) is 8.16. The Hall–Kier alpha value is -2.83. The highest BCUT2D eigenvalue weighted by atomic mass is 79.9. The summed E-state index contributed by atoms with van der Waals surface area (Å²) in [4.78, 5) is 8.79. The van der Waals surface area contributed by atoms with Crippen LogP contribution in [0.4, 0.5) is 23.1 Å². The van der Waals surface area contributed by atoms with E-state index in [1.165, 1.54) is 0 Å². The molecule has 0 aliphatic carbocycles. The number of fused-ring (bicyclic) bond motifs is 1. The number of rotatable bonds is 3. The van der Waals surface area contributed by atoms with Crippen LogP contribution in [-0.4, -0.2) is 9.97 Å². The van der Waals surface area contributed by atoms with E-state index in [-0.39, 0.29) is 5.95 Å². The molecule has 1 heterocycles. The maximum absolute atomic E-state index is 6.15. The van der Waals surface area contributed by atoms with Gasteiger partial charge >= 0.3 is 0 Å². The van der Waals surface area contributed by atoms with Gasteiger partial charge in [-0.3, -0.25) is 3.93 Å². The Bertz CT molecular complexity index is 1130. The minimum atomic E-state index is 0.202. The van der Waals surface area contributed by atoms with Crippen LogP contribution in [-0.2, 0) is 0 Å². The Labute approximate surface area is 169 Å². The Morgan fingerprint density at radius 3 is 2.44 bits per heavy atom. The molecule has 0 bridgehead atoms. The highest BCUT2D eigenvalue weighted by Crippen LogP contribution is 2.37. The summed E-state index contributed by atoms with van der Waals surface area (Å²) in [5.74, 6) is 0.846. The monoisotopic (exact) mass is 439 g/mol. The number of nitrogen functional groups attached to an aromatic ring is 2. The molecule has 7 heteroatoms. The van der Waals surface area contributed by atoms with Crippen LogP contribution in [0, 0.1) is 0 Å². The quantitative estimate of drug-likeness (QED) is 0.322. The molecule has 0 amide bonds. The van der Waals surface area contributed by atoms with E-state index in [1.54, 1.807) is 16.1 Å². The number of anilines is 4. The zero-order valence-corrected chi connectivity index (χ0v) is 16.4. The molecule has 0 spiro atoms. The number of halogens is 2. The number of nitrogens with two attached hydrogens (primary N) is 2. The number of benzene rings is 3. The minimum absolute atomic E-state index is 0.202. The van der Waals surface area contributed by atoms with Crippen molar-refractivity contribution in [3.63, 3.8) is 0 Å². The molecule has 0 atom stereocenters. The van der Waals surface area contributed by atoms with Gasteiger partial charge in [0.05, 0.1) is 27.4 Å². The van der Waals surface area contributed by atoms with Gasteiger partial charge in [0, 0.05) is 21.7 Å². The fourth-order valence-corrected chi connectivity index (χ4v) is 3.59. The average Bonchev–Trinajstić information content (AvgIpc) is 2.69. The van der Waals surface area contributed by atoms with Crippen molar-refractivity contribution < 1.29 is 0 Å². The van der Waals surface area contributed by atoms with Crippen LogP contribution in [0.15, 0.2) is 66.7 Å². The Morgan fingerprint density at radius 2 is 1.67 bits per heavy atom. The second kappa shape index (κ2) is 7.06. The molecule has 0 saturated carbocycles. The van der Waals surface area contributed by atoms with Crippen molar-refractivity contribution in [1.82, 2.24) is 9.97 Å². The van der Waals surface area contributed by atoms with Gasteiger partial charge in [-0.15, -0.1) is 0 Å². The second-order valence-electron chi connectivity index (χ2n) is 5.99. The van der Waals surface area contributed by atoms with Crippen LogP contribution >= 0.6 is 27.7 Å². The van der Waals surface area contributed by atoms with E-state index in [9.17, 15) is 0 Å². The van der Waals surface area contributed by atoms with E-state index >= 15 is 0 Å². The van der Waals surface area contributed by atoms with Gasteiger partial charge in [-0.25, -0.2) is 4.98 Å². The summed E-state index contributed by atoms with van der Waals surface area (Å²) in [5.41, 5.74) is 16.2. The molecular formula is C20H15BrClN5. The van der Waals surface area contributed by atoms with E-state index in [2.05, 4.69) is 26.1 Å². The van der Waals surface area contributed by atoms with E-state index in [4.69, 9.17) is 23.1 Å². The fraction of sp³-hybridized carbons (Fsp3) is 0. The Kier molecular flexibility index (Phi) is 4.59. The molecule has 0 saturated heterocycles. The van der Waals surface area contributed by atoms with Crippen molar-refractivity contribution >= 4 is 61.8 Å². The third kappa shape index (κ3) is 3.41. The summed E-state index contributed by atoms with van der Waals surface area (Å²) in [6.45, 7) is 0. The predicted molar refractivity (Wildman–Crippen MR) is 116 cm³/mol. The molecule has 0 unspecified atom stereocenters. The van der Waals surface area contributed by atoms with Crippen LogP contribution in [0.2, 0.25) is 5.02 Å². The zero-order chi connectivity index (χ0) is 19.0. The lowest BCUT2D eigenvalue weighted by molar-refractivity contribution is 1.21. The molecule has 134 valence electrons. The Morgan fingerprint density at radius 1 is 0.889 bits per heavy atom. The van der Waals surface area contributed by atoms with Gasteiger partial charge < -0.3 is 11.5 Å². The number of hydrogen-bond donors (Lipinski definition) is 2. The van der Waals surface area contributed by atoms with Gasteiger partial charge in [-0.1, -0.05) is 35.9 Å². The molecular weight excluding hydrogens is 426 g/mol. The first-order chi connectivity index (χ1) is 13.0. The lowest BCUT2D eigenvalue weighted by Gasteiger charge is -2.18. The topological polar surface area (TPSA) is 81.1 Å². The van der Waals surface area contributed by atoms with E-state index in [0.29, 0.717) is 16.5 Å². The van der Waals surface area contributed by atoms with Gasteiger partial charge in [0.25, 0.3) is 0 Å². The van der Waals surface area contributed by atoms with Crippen LogP contribution < -0.4 is 15.4 Å². The van der Waals surface area contributed by atoms with Crippen molar-refractivity contribution in [1.29, 1.82) is 0 Å². The molecule has 27 heavy (non-hydrogen) atoms. The second-order valence-corrected chi connectivity index (χ2v) is 7.13. The predicted octanol–water partition coefficient (Wildman–Crippen LogP) is 5.56. The van der Waals surface area contributed by atoms with E-state index in [1.807, 2.05) is 54.6 Å². The molecule has 1 aromatic heterocycles. The molecule has 4 rings (SSSR count). The van der Waals surface area contributed by atoms with Crippen molar-refractivity contribution in [3.05, 3.63) is 71.8 Å². The van der Waals surface area contributed by atoms with Crippen LogP contribution in [0.5, 0.6) is 0 Å². The standard InChI is InChI=1S/C20H15BrClN5/c21-27(14-4-2-1-3-5-14)19-16-10-12(6-9-18(16)25-20(24)26-19)15-11-13(22)7-8-17(15)23/h1-11H,23H2,(H2,24,25,26). The fourth-order valence-electron chi connectivity index (χ4n) is 2.91. The first-order valence-corrected chi connectivity index (χ1v) is 9.25. The largest absolute Gasteiger partial charge is 0.398 e. The summed E-state index contributed by atoms with van der Waals surface area (Å²) < 4.78 is 1.80. The van der Waals surface area contributed by atoms with Crippen LogP contribution in [0.1, 0.15) is 0 Å². The number of hydrogen-bond acceptors (Lipinski definition) is 5. The maximum atomic E-state index is 6.15. The maximum Gasteiger partial charge on any atom is 0.222 e. The number of aromatic nitrogens is 2. The lowest BCUT2D eigenvalue weighted by Crippen LogP contribution is -2.07. The van der Waals surface area contributed by atoms with Crippen LogP contribution in [0.25, 0.3) is 22.0 Å². The van der Waals surface area contributed by atoms with Crippen molar-refractivity contribution in [2.45, 2.75) is 0 Å². The lowest BCUT2D eigenvalue weighted by atomic mass is 10.0. The van der Waals surface area contributed by atoms with Crippen molar-refractivity contribution in [2.75, 3.05) is 15.4 Å². The summed E-state index contributed by atoms with van der Waals surface area (Å²) in [6, 6.07) is 21.0. The van der Waals surface area contributed by atoms with Crippen LogP contribution in [0.3, 0.4) is 0 Å². The SMILES string of the molecule is Nc1nc(N(Br)c2ccccc2)c2cc(-c3cc(Cl)ccc3N)ccc2n1. The molecule has 0 aliphatic rings. The molecule has 3 aromatic carbocycles. The molecule has 5 nitrogen and oxygen atoms in total. The normalized spacial score (nSPS) is 10.9. The van der Waals surface area contributed by atoms with Crippen molar-refractivity contribution in [3.8, 4) is 11.1 Å². The minimum Gasteiger partial charge on any atom is -0.398 e. The number of para-hydroxylation sites is 1. The van der Waals surface area contributed by atoms with Gasteiger partial charge in [0.15, 0.2) is 5.82 Å². The third-order valence-electron chi connectivity index (χ3n) is 4.19. The van der Waals surface area contributed by atoms with E-state index < -0.39 is 0 Å². The summed E-state index contributed by atoms with van der Waals surface area (Å²) in [5, 5.41) is 1.46. The highest BCUT2D eigenvalue weighted by Gasteiger charge is 2.15. The van der Waals surface area contributed by atoms with Gasteiger partial charge in [0.2, 0.25) is 5.95 Å². The molecule has 4 aromatic rings. The summed E-state index contributed by atoms with van der Waals surface area (Å²) in [7, 11) is 0. The molecule has 0 fully saturated rings. The average molecular weight is 441 g/mol. The molecule has 0 aliphatic heterocycles. The van der Waals surface area contributed by atoms with Gasteiger partial charge in [0.1, 0.15) is 0 Å². The summed E-state index contributed by atoms with van der Waals surface area (Å²) >= 11 is 9.75. The zero-order valence-electron chi connectivity index (χ0n) is 14.1.